The van der Waals surface area contributed by atoms with Crippen LogP contribution in [0.25, 0.3) is 0 Å². The molecular weight excluding hydrogens is 446 g/mol. The van der Waals surface area contributed by atoms with Gasteiger partial charge in [-0.2, -0.15) is 0 Å². The summed E-state index contributed by atoms with van der Waals surface area (Å²) in [7, 11) is 1.60. The molecule has 192 valence electrons. The zero-order valence-electron chi connectivity index (χ0n) is 21.4. The van der Waals surface area contributed by atoms with Gasteiger partial charge in [-0.3, -0.25) is 19.1 Å². The first-order valence-corrected chi connectivity index (χ1v) is 12.5. The lowest BCUT2D eigenvalue weighted by Crippen LogP contribution is -2.44. The fourth-order valence-electron chi connectivity index (χ4n) is 4.67. The van der Waals surface area contributed by atoms with Crippen LogP contribution in [0.5, 0.6) is 0 Å². The van der Waals surface area contributed by atoms with Crippen molar-refractivity contribution in [3.63, 3.8) is 0 Å². The van der Waals surface area contributed by atoms with Crippen LogP contribution in [-0.4, -0.2) is 42.3 Å². The number of aromatic amines is 1. The lowest BCUT2D eigenvalue weighted by Gasteiger charge is -2.27. The molecule has 2 aromatic rings. The second-order valence-corrected chi connectivity index (χ2v) is 9.79. The number of benzene rings is 1. The Morgan fingerprint density at radius 2 is 1.91 bits per heavy atom. The van der Waals surface area contributed by atoms with Gasteiger partial charge in [-0.1, -0.05) is 32.0 Å². The van der Waals surface area contributed by atoms with Crippen molar-refractivity contribution >= 4 is 17.4 Å². The minimum atomic E-state index is -0.597. The molecule has 35 heavy (non-hydrogen) atoms. The van der Waals surface area contributed by atoms with Crippen LogP contribution in [0.2, 0.25) is 0 Å². The van der Waals surface area contributed by atoms with Gasteiger partial charge >= 0.3 is 5.69 Å². The number of H-pyrrole nitrogens is 1. The number of nitrogens with one attached hydrogen (secondary N) is 2. The zero-order valence-corrected chi connectivity index (χ0v) is 21.4. The minimum absolute atomic E-state index is 0.0633. The second-order valence-electron chi connectivity index (χ2n) is 9.79. The van der Waals surface area contributed by atoms with Crippen molar-refractivity contribution in [3.8, 4) is 0 Å². The van der Waals surface area contributed by atoms with Gasteiger partial charge in [0.05, 0.1) is 12.6 Å². The number of ether oxygens (including phenoxy) is 1. The Hall–Kier alpha value is -3.07. The highest BCUT2D eigenvalue weighted by Gasteiger charge is 2.22. The number of methoxy groups -OCH3 is 1. The van der Waals surface area contributed by atoms with E-state index in [0.717, 1.165) is 18.4 Å². The fraction of sp³-hybridized carbons (Fsp3) is 0.577. The summed E-state index contributed by atoms with van der Waals surface area (Å²) >= 11 is 0. The number of nitrogens with two attached hydrogens (primary N) is 1. The lowest BCUT2D eigenvalue weighted by molar-refractivity contribution is -0.120. The van der Waals surface area contributed by atoms with Crippen molar-refractivity contribution in [1.82, 2.24) is 14.9 Å². The van der Waals surface area contributed by atoms with Gasteiger partial charge in [-0.05, 0) is 61.6 Å². The number of fused-ring (bicyclic) bond motifs is 1. The Morgan fingerprint density at radius 3 is 2.60 bits per heavy atom. The predicted molar refractivity (Wildman–Crippen MR) is 139 cm³/mol. The molecule has 0 radical (unpaired) electrons. The van der Waals surface area contributed by atoms with Crippen molar-refractivity contribution in [2.45, 2.75) is 65.5 Å². The molecule has 1 heterocycles. The number of hydrogen-bond acceptors (Lipinski definition) is 6. The number of carbonyl (C=O) groups is 1. The third-order valence-electron chi connectivity index (χ3n) is 6.44. The van der Waals surface area contributed by atoms with Gasteiger partial charge in [-0.25, -0.2) is 4.79 Å². The normalized spacial score (nSPS) is 14.0. The molecule has 0 saturated heterocycles. The number of amides is 1. The van der Waals surface area contributed by atoms with Gasteiger partial charge in [0.25, 0.3) is 5.56 Å². The number of anilines is 2. The van der Waals surface area contributed by atoms with Crippen molar-refractivity contribution in [2.24, 2.45) is 5.92 Å². The summed E-state index contributed by atoms with van der Waals surface area (Å²) in [5, 5.41) is 3.06. The first kappa shape index (κ1) is 26.5. The molecular formula is C26H39N5O4. The Balaban J connectivity index is 1.81. The van der Waals surface area contributed by atoms with E-state index in [0.29, 0.717) is 26.1 Å². The highest BCUT2D eigenvalue weighted by Crippen LogP contribution is 2.25. The van der Waals surface area contributed by atoms with Crippen LogP contribution < -0.4 is 27.2 Å². The summed E-state index contributed by atoms with van der Waals surface area (Å²) < 4.78 is 6.52. The third kappa shape index (κ3) is 6.75. The topological polar surface area (TPSA) is 122 Å². The number of aromatic nitrogens is 2. The monoisotopic (exact) mass is 485 g/mol. The SMILES string of the molecule is COCCCN(CC(=O)NC(C)c1ccc2c(c1)CCCC2)c1c(N)n(CC(C)C)c(=O)[nH]c1=O. The summed E-state index contributed by atoms with van der Waals surface area (Å²) in [6.07, 6.45) is 5.20. The van der Waals surface area contributed by atoms with Gasteiger partial charge in [0, 0.05) is 26.8 Å². The third-order valence-corrected chi connectivity index (χ3v) is 6.44. The molecule has 1 aromatic heterocycles. The molecule has 0 aliphatic heterocycles. The maximum Gasteiger partial charge on any atom is 0.330 e. The van der Waals surface area contributed by atoms with Gasteiger partial charge in [0.2, 0.25) is 5.91 Å². The van der Waals surface area contributed by atoms with Crippen molar-refractivity contribution < 1.29 is 9.53 Å². The molecule has 1 aromatic carbocycles. The number of hydrogen-bond donors (Lipinski definition) is 3. The van der Waals surface area contributed by atoms with E-state index in [4.69, 9.17) is 10.5 Å². The molecule has 9 heteroatoms. The number of nitrogen functional groups attached to an aromatic ring is 1. The van der Waals surface area contributed by atoms with E-state index >= 15 is 0 Å². The Kier molecular flexibility index (Phi) is 9.14. The molecule has 9 nitrogen and oxygen atoms in total. The first-order valence-electron chi connectivity index (χ1n) is 12.5. The second kappa shape index (κ2) is 12.1. The highest BCUT2D eigenvalue weighted by molar-refractivity contribution is 5.82. The molecule has 0 spiro atoms. The molecule has 1 amide bonds. The quantitative estimate of drug-likeness (QED) is 0.420. The van der Waals surface area contributed by atoms with Gasteiger partial charge in [0.1, 0.15) is 11.5 Å². The Morgan fingerprint density at radius 1 is 1.20 bits per heavy atom. The van der Waals surface area contributed by atoms with E-state index in [1.807, 2.05) is 20.8 Å². The van der Waals surface area contributed by atoms with Crippen molar-refractivity contribution in [1.29, 1.82) is 0 Å². The van der Waals surface area contributed by atoms with Crippen molar-refractivity contribution in [2.75, 3.05) is 37.4 Å². The first-order chi connectivity index (χ1) is 16.7. The van der Waals surface area contributed by atoms with E-state index in [1.165, 1.54) is 28.5 Å². The standard InChI is InChI=1S/C26H39N5O4/c1-17(2)15-31-24(27)23(25(33)29-26(31)34)30(12-7-13-35-4)16-22(32)28-18(3)20-11-10-19-8-5-6-9-21(19)14-20/h10-11,14,17-18H,5-9,12-13,15-16,27H2,1-4H3,(H,28,32)(H,29,33,34). The van der Waals surface area contributed by atoms with Gasteiger partial charge in [-0.15, -0.1) is 0 Å². The zero-order chi connectivity index (χ0) is 25.5. The van der Waals surface area contributed by atoms with E-state index in [-0.39, 0.29) is 35.9 Å². The molecule has 0 bridgehead atoms. The summed E-state index contributed by atoms with van der Waals surface area (Å²) in [6.45, 7) is 7.02. The van der Waals surface area contributed by atoms with Gasteiger partial charge in [0.15, 0.2) is 0 Å². The van der Waals surface area contributed by atoms with Crippen LogP contribution in [0.1, 0.15) is 62.8 Å². The molecule has 3 rings (SSSR count). The molecule has 1 atom stereocenters. The molecule has 1 aliphatic rings. The van der Waals surface area contributed by atoms with Crippen LogP contribution >= 0.6 is 0 Å². The molecule has 1 unspecified atom stereocenters. The summed E-state index contributed by atoms with van der Waals surface area (Å²) in [5.41, 5.74) is 9.12. The maximum atomic E-state index is 13.1. The maximum absolute atomic E-state index is 13.1. The van der Waals surface area contributed by atoms with Crippen LogP contribution in [0.3, 0.4) is 0 Å². The lowest BCUT2D eigenvalue weighted by atomic mass is 9.89. The van der Waals surface area contributed by atoms with Crippen LogP contribution in [-0.2, 0) is 28.9 Å². The Labute approximate surface area is 206 Å². The van der Waals surface area contributed by atoms with Crippen LogP contribution in [0.15, 0.2) is 27.8 Å². The van der Waals surface area contributed by atoms with Gasteiger partial charge < -0.3 is 20.7 Å². The van der Waals surface area contributed by atoms with E-state index in [1.54, 1.807) is 12.0 Å². The molecule has 0 fully saturated rings. The molecule has 0 saturated carbocycles. The number of rotatable bonds is 11. The van der Waals surface area contributed by atoms with Crippen molar-refractivity contribution in [3.05, 3.63) is 55.7 Å². The molecule has 1 aliphatic carbocycles. The number of nitrogens with zero attached hydrogens (tertiary/aromatic N) is 2. The number of aryl methyl sites for hydroxylation is 2. The van der Waals surface area contributed by atoms with E-state index < -0.39 is 11.2 Å². The Bertz CT molecular complexity index is 1140. The largest absolute Gasteiger partial charge is 0.385 e. The summed E-state index contributed by atoms with van der Waals surface area (Å²) in [5.74, 6) is -0.00934. The average Bonchev–Trinajstić information content (AvgIpc) is 2.81. The number of carbonyl (C=O) groups excluding carboxylic acids is 1. The summed E-state index contributed by atoms with van der Waals surface area (Å²) in [6, 6.07) is 6.26. The average molecular weight is 486 g/mol. The van der Waals surface area contributed by atoms with E-state index in [2.05, 4.69) is 28.5 Å². The van der Waals surface area contributed by atoms with Crippen LogP contribution in [0, 0.1) is 5.92 Å². The predicted octanol–water partition coefficient (Wildman–Crippen LogP) is 2.37. The fourth-order valence-corrected chi connectivity index (χ4v) is 4.67. The molecule has 4 N–H and O–H groups in total. The van der Waals surface area contributed by atoms with E-state index in [9.17, 15) is 14.4 Å². The van der Waals surface area contributed by atoms with Crippen LogP contribution in [0.4, 0.5) is 11.5 Å². The smallest absolute Gasteiger partial charge is 0.330 e. The minimum Gasteiger partial charge on any atom is -0.385 e. The highest BCUT2D eigenvalue weighted by atomic mass is 16.5. The summed E-state index contributed by atoms with van der Waals surface area (Å²) in [4.78, 5) is 42.2.